The Morgan fingerprint density at radius 3 is 1.20 bits per heavy atom. The molecule has 2 aliphatic rings. The topological polar surface area (TPSA) is 228 Å². The third-order valence-corrected chi connectivity index (χ3v) is 18.1. The number of nitrogens with one attached hydrogen (secondary N) is 1. The van der Waals surface area contributed by atoms with E-state index in [1.807, 2.05) is 6.08 Å². The van der Waals surface area contributed by atoms with Gasteiger partial charge in [0.05, 0.1) is 32.0 Å². The quantitative estimate of drug-likeness (QED) is 0.0204. The Morgan fingerprint density at radius 1 is 0.402 bits per heavy atom. The van der Waals surface area contributed by atoms with Crippen molar-refractivity contribution in [3.05, 3.63) is 85.1 Å². The van der Waals surface area contributed by atoms with Crippen molar-refractivity contribution in [3.63, 3.8) is 0 Å². The van der Waals surface area contributed by atoms with Gasteiger partial charge in [-0.25, -0.2) is 0 Å². The molecular formula is C78H139NO13. The first-order valence-corrected chi connectivity index (χ1v) is 37.8. The standard InChI is InChI=1S/C78H139NO13/c1-3-5-7-9-11-13-15-17-19-21-23-25-27-29-30-31-32-33-34-35-36-38-40-42-44-46-48-50-52-54-56-58-60-62-70(83)79-66(65-89-77-75(88)73(86)76(69(64-81)91-77)92-78-74(87)72(85)71(84)68(63-80)90-78)67(82)61-59-57-55-53-51-49-47-45-43-41-39-37-28-26-24-22-20-18-16-14-12-10-8-6-4-2/h5,7,11,13,17,19,23,25,29-30,51,53,59,61,66-69,71-78,80-82,84-88H,3-4,6,8-10,12,14-16,18,20-22,24,26-28,31-50,52,54-58,60,62-65H2,1-2H3,(H,79,83)/b7-5-,13-11-,19-17-,25-23-,30-29-,53-51+,61-59+. The summed E-state index contributed by atoms with van der Waals surface area (Å²) in [5.41, 5.74) is 0. The number of aliphatic hydroxyl groups is 8. The van der Waals surface area contributed by atoms with Crippen molar-refractivity contribution < 1.29 is 64.6 Å². The first-order chi connectivity index (χ1) is 45.1. The van der Waals surface area contributed by atoms with Gasteiger partial charge in [0.1, 0.15) is 48.8 Å². The van der Waals surface area contributed by atoms with E-state index < -0.39 is 86.8 Å². The van der Waals surface area contributed by atoms with Crippen LogP contribution in [0.3, 0.4) is 0 Å². The molecule has 12 unspecified atom stereocenters. The summed E-state index contributed by atoms with van der Waals surface area (Å²) >= 11 is 0. The largest absolute Gasteiger partial charge is 0.394 e. The lowest BCUT2D eigenvalue weighted by Gasteiger charge is -2.46. The van der Waals surface area contributed by atoms with Crippen molar-refractivity contribution in [1.29, 1.82) is 0 Å². The van der Waals surface area contributed by atoms with E-state index in [4.69, 9.17) is 18.9 Å². The first-order valence-electron chi connectivity index (χ1n) is 37.8. The molecule has 9 N–H and O–H groups in total. The summed E-state index contributed by atoms with van der Waals surface area (Å²) in [6.07, 6.45) is 69.4. The van der Waals surface area contributed by atoms with Crippen LogP contribution in [0, 0.1) is 0 Å². The molecule has 2 rings (SSSR count). The number of hydrogen-bond donors (Lipinski definition) is 9. The average molecular weight is 1300 g/mol. The fraction of sp³-hybridized carbons (Fsp3) is 0.808. The van der Waals surface area contributed by atoms with Crippen LogP contribution in [0.1, 0.15) is 309 Å². The van der Waals surface area contributed by atoms with Gasteiger partial charge in [-0.3, -0.25) is 4.79 Å². The van der Waals surface area contributed by atoms with Gasteiger partial charge in [-0.05, 0) is 77.0 Å². The molecule has 2 fully saturated rings. The van der Waals surface area contributed by atoms with Gasteiger partial charge in [0.25, 0.3) is 0 Å². The molecule has 2 saturated heterocycles. The van der Waals surface area contributed by atoms with Gasteiger partial charge < -0.3 is 65.1 Å². The normalized spacial score (nSPS) is 23.2. The Morgan fingerprint density at radius 2 is 0.761 bits per heavy atom. The number of unbranched alkanes of at least 4 members (excludes halogenated alkanes) is 37. The summed E-state index contributed by atoms with van der Waals surface area (Å²) in [5.74, 6) is -0.247. The van der Waals surface area contributed by atoms with Crippen LogP contribution >= 0.6 is 0 Å². The van der Waals surface area contributed by atoms with E-state index >= 15 is 0 Å². The van der Waals surface area contributed by atoms with Crippen molar-refractivity contribution in [2.75, 3.05) is 19.8 Å². The van der Waals surface area contributed by atoms with Crippen molar-refractivity contribution in [2.45, 2.75) is 383 Å². The molecule has 2 aliphatic heterocycles. The van der Waals surface area contributed by atoms with Crippen molar-refractivity contribution in [2.24, 2.45) is 0 Å². The second kappa shape index (κ2) is 61.7. The van der Waals surface area contributed by atoms with E-state index in [0.717, 1.165) is 64.2 Å². The third-order valence-electron chi connectivity index (χ3n) is 18.1. The van der Waals surface area contributed by atoms with Gasteiger partial charge in [-0.15, -0.1) is 0 Å². The average Bonchev–Trinajstić information content (AvgIpc) is 0.829. The van der Waals surface area contributed by atoms with Gasteiger partial charge in [0.15, 0.2) is 12.6 Å². The van der Waals surface area contributed by atoms with Gasteiger partial charge in [0, 0.05) is 6.42 Å². The molecule has 1 amide bonds. The summed E-state index contributed by atoms with van der Waals surface area (Å²) in [5, 5.41) is 87.6. The number of allylic oxidation sites excluding steroid dienone is 13. The van der Waals surface area contributed by atoms with E-state index in [1.165, 1.54) is 212 Å². The molecule has 0 bridgehead atoms. The monoisotopic (exact) mass is 1300 g/mol. The minimum atomic E-state index is -1.79. The van der Waals surface area contributed by atoms with Crippen molar-refractivity contribution >= 4 is 5.91 Å². The molecule has 0 radical (unpaired) electrons. The van der Waals surface area contributed by atoms with Gasteiger partial charge >= 0.3 is 0 Å². The lowest BCUT2D eigenvalue weighted by atomic mass is 9.97. The summed E-state index contributed by atoms with van der Waals surface area (Å²) in [4.78, 5) is 13.4. The van der Waals surface area contributed by atoms with E-state index in [9.17, 15) is 45.6 Å². The predicted octanol–water partition coefficient (Wildman–Crippen LogP) is 16.4. The minimum absolute atomic E-state index is 0.247. The molecule has 0 aromatic rings. The van der Waals surface area contributed by atoms with Crippen LogP contribution in [0.2, 0.25) is 0 Å². The number of ether oxygens (including phenoxy) is 4. The molecule has 14 nitrogen and oxygen atoms in total. The Kier molecular flexibility index (Phi) is 57.2. The number of aliphatic hydroxyl groups excluding tert-OH is 8. The zero-order valence-electron chi connectivity index (χ0n) is 58.3. The fourth-order valence-electron chi connectivity index (χ4n) is 12.1. The smallest absolute Gasteiger partial charge is 0.220 e. The number of rotatable bonds is 62. The van der Waals surface area contributed by atoms with E-state index in [0.29, 0.717) is 12.8 Å². The molecule has 534 valence electrons. The maximum atomic E-state index is 13.4. The Hall–Kier alpha value is -2.83. The minimum Gasteiger partial charge on any atom is -0.394 e. The zero-order valence-corrected chi connectivity index (χ0v) is 58.3. The highest BCUT2D eigenvalue weighted by atomic mass is 16.7. The second-order valence-corrected chi connectivity index (χ2v) is 26.4. The van der Waals surface area contributed by atoms with Gasteiger partial charge in [0.2, 0.25) is 5.91 Å². The van der Waals surface area contributed by atoms with E-state index in [2.05, 4.69) is 92.1 Å². The predicted molar refractivity (Wildman–Crippen MR) is 378 cm³/mol. The molecular weight excluding hydrogens is 1160 g/mol. The SMILES string of the molecule is CC/C=C\C/C=C\C/C=C\C/C=C\C/C=C\CCCCCCCCCCCCCCCCCCCC(=O)NC(COC1OC(CO)C(OC2OC(CO)C(O)C(O)C2O)C(O)C1O)C(O)/C=C/CC/C=C/CCCCCCCCCCCCCCCCCCCCC. The van der Waals surface area contributed by atoms with Gasteiger partial charge in [-0.1, -0.05) is 311 Å². The first kappa shape index (κ1) is 85.3. The lowest BCUT2D eigenvalue weighted by molar-refractivity contribution is -0.359. The molecule has 0 aromatic heterocycles. The molecule has 0 spiro atoms. The summed E-state index contributed by atoms with van der Waals surface area (Å²) in [7, 11) is 0. The number of amides is 1. The molecule has 0 saturated carbocycles. The van der Waals surface area contributed by atoms with Crippen LogP contribution in [0.5, 0.6) is 0 Å². The Balaban J connectivity index is 1.65. The van der Waals surface area contributed by atoms with Crippen molar-refractivity contribution in [3.8, 4) is 0 Å². The van der Waals surface area contributed by atoms with E-state index in [1.54, 1.807) is 6.08 Å². The highest BCUT2D eigenvalue weighted by Crippen LogP contribution is 2.30. The fourth-order valence-corrected chi connectivity index (χ4v) is 12.1. The van der Waals surface area contributed by atoms with E-state index in [-0.39, 0.29) is 18.9 Å². The Bertz CT molecular complexity index is 1870. The molecule has 0 aliphatic carbocycles. The van der Waals surface area contributed by atoms with Crippen LogP contribution in [-0.2, 0) is 23.7 Å². The second-order valence-electron chi connectivity index (χ2n) is 26.4. The highest BCUT2D eigenvalue weighted by molar-refractivity contribution is 5.76. The molecule has 0 aromatic carbocycles. The van der Waals surface area contributed by atoms with Crippen LogP contribution < -0.4 is 5.32 Å². The molecule has 2 heterocycles. The maximum Gasteiger partial charge on any atom is 0.220 e. The summed E-state index contributed by atoms with van der Waals surface area (Å²) in [6, 6.07) is -0.936. The third kappa shape index (κ3) is 44.8. The van der Waals surface area contributed by atoms with Crippen LogP contribution in [0.4, 0.5) is 0 Å². The molecule has 14 heteroatoms. The number of carbonyl (C=O) groups is 1. The summed E-state index contributed by atoms with van der Waals surface area (Å²) in [6.45, 7) is 2.71. The Labute approximate surface area is 561 Å². The highest BCUT2D eigenvalue weighted by Gasteiger charge is 2.51. The number of carbonyl (C=O) groups excluding carboxylic acids is 1. The van der Waals surface area contributed by atoms with Crippen molar-refractivity contribution in [1.82, 2.24) is 5.32 Å². The summed E-state index contributed by atoms with van der Waals surface area (Å²) < 4.78 is 22.9. The zero-order chi connectivity index (χ0) is 66.6. The van der Waals surface area contributed by atoms with Crippen LogP contribution in [-0.4, -0.2) is 140 Å². The maximum absolute atomic E-state index is 13.4. The lowest BCUT2D eigenvalue weighted by Crippen LogP contribution is -2.65. The molecule has 92 heavy (non-hydrogen) atoms. The number of hydrogen-bond acceptors (Lipinski definition) is 13. The van der Waals surface area contributed by atoms with Crippen LogP contribution in [0.15, 0.2) is 85.1 Å². The van der Waals surface area contributed by atoms with Gasteiger partial charge in [-0.2, -0.15) is 0 Å². The van der Waals surface area contributed by atoms with Crippen LogP contribution in [0.25, 0.3) is 0 Å². The molecule has 12 atom stereocenters.